The standard InChI is InChI=1S/C12H15NO4S/c14-11(8-3-1-5-17-7-8)13-10(12(15)16)9-4-2-6-18-9/h2,4,6,8,10H,1,3,5,7H2,(H,13,14)(H,15,16). The van der Waals surface area contributed by atoms with Crippen molar-refractivity contribution in [2.45, 2.75) is 18.9 Å². The summed E-state index contributed by atoms with van der Waals surface area (Å²) in [6.07, 6.45) is 1.59. The molecule has 2 N–H and O–H groups in total. The number of carbonyl (C=O) groups is 2. The number of carboxylic acid groups (broad SMARTS) is 1. The predicted octanol–water partition coefficient (Wildman–Crippen LogP) is 1.42. The summed E-state index contributed by atoms with van der Waals surface area (Å²) >= 11 is 1.32. The molecule has 2 unspecified atom stereocenters. The van der Waals surface area contributed by atoms with Crippen molar-refractivity contribution in [1.82, 2.24) is 5.32 Å². The van der Waals surface area contributed by atoms with E-state index in [2.05, 4.69) is 5.32 Å². The number of amides is 1. The van der Waals surface area contributed by atoms with Gasteiger partial charge in [0.05, 0.1) is 12.5 Å². The summed E-state index contributed by atoms with van der Waals surface area (Å²) in [5, 5.41) is 13.5. The summed E-state index contributed by atoms with van der Waals surface area (Å²) in [7, 11) is 0. The average Bonchev–Trinajstić information content (AvgIpc) is 2.90. The second-order valence-electron chi connectivity index (χ2n) is 4.21. The summed E-state index contributed by atoms with van der Waals surface area (Å²) < 4.78 is 5.23. The molecule has 1 amide bonds. The summed E-state index contributed by atoms with van der Waals surface area (Å²) in [5.41, 5.74) is 0. The lowest BCUT2D eigenvalue weighted by Crippen LogP contribution is -2.40. The Labute approximate surface area is 109 Å². The van der Waals surface area contributed by atoms with Gasteiger partial charge in [0.15, 0.2) is 6.04 Å². The fourth-order valence-corrected chi connectivity index (χ4v) is 2.68. The minimum Gasteiger partial charge on any atom is -0.479 e. The van der Waals surface area contributed by atoms with Crippen LogP contribution in [-0.4, -0.2) is 30.2 Å². The molecule has 2 rings (SSSR count). The van der Waals surface area contributed by atoms with Gasteiger partial charge in [-0.25, -0.2) is 4.79 Å². The largest absolute Gasteiger partial charge is 0.479 e. The Morgan fingerprint density at radius 3 is 2.94 bits per heavy atom. The topological polar surface area (TPSA) is 75.6 Å². The average molecular weight is 269 g/mol. The minimum absolute atomic E-state index is 0.236. The number of nitrogens with one attached hydrogen (secondary N) is 1. The Hall–Kier alpha value is -1.40. The highest BCUT2D eigenvalue weighted by molar-refractivity contribution is 7.10. The maximum atomic E-state index is 12.0. The van der Waals surface area contributed by atoms with Crippen molar-refractivity contribution in [3.05, 3.63) is 22.4 Å². The van der Waals surface area contributed by atoms with Crippen LogP contribution in [0.2, 0.25) is 0 Å². The van der Waals surface area contributed by atoms with E-state index in [1.165, 1.54) is 11.3 Å². The van der Waals surface area contributed by atoms with E-state index < -0.39 is 12.0 Å². The number of hydrogen-bond donors (Lipinski definition) is 2. The smallest absolute Gasteiger partial charge is 0.331 e. The number of ether oxygens (including phenoxy) is 1. The lowest BCUT2D eigenvalue weighted by atomic mass is 10.0. The quantitative estimate of drug-likeness (QED) is 0.866. The first kappa shape index (κ1) is 13.0. The lowest BCUT2D eigenvalue weighted by molar-refractivity contribution is -0.143. The van der Waals surface area contributed by atoms with Crippen LogP contribution in [0.3, 0.4) is 0 Å². The van der Waals surface area contributed by atoms with Crippen molar-refractivity contribution < 1.29 is 19.4 Å². The fourth-order valence-electron chi connectivity index (χ4n) is 1.92. The molecule has 1 aliphatic rings. The zero-order valence-electron chi connectivity index (χ0n) is 9.80. The van der Waals surface area contributed by atoms with Crippen LogP contribution >= 0.6 is 11.3 Å². The molecule has 0 aliphatic carbocycles. The zero-order valence-corrected chi connectivity index (χ0v) is 10.6. The van der Waals surface area contributed by atoms with Crippen LogP contribution in [0.1, 0.15) is 23.8 Å². The van der Waals surface area contributed by atoms with Gasteiger partial charge in [0, 0.05) is 11.5 Å². The van der Waals surface area contributed by atoms with Gasteiger partial charge in [-0.3, -0.25) is 4.79 Å². The molecule has 1 aliphatic heterocycles. The Balaban J connectivity index is 2.00. The molecule has 98 valence electrons. The molecule has 0 saturated carbocycles. The van der Waals surface area contributed by atoms with Crippen molar-refractivity contribution in [3.63, 3.8) is 0 Å². The highest BCUT2D eigenvalue weighted by Gasteiger charge is 2.28. The van der Waals surface area contributed by atoms with E-state index in [4.69, 9.17) is 9.84 Å². The molecule has 0 aromatic carbocycles. The van der Waals surface area contributed by atoms with Gasteiger partial charge in [0.25, 0.3) is 0 Å². The van der Waals surface area contributed by atoms with Crippen LogP contribution in [-0.2, 0) is 14.3 Å². The number of aliphatic carboxylic acids is 1. The molecule has 18 heavy (non-hydrogen) atoms. The maximum Gasteiger partial charge on any atom is 0.331 e. The Morgan fingerprint density at radius 2 is 2.39 bits per heavy atom. The number of carbonyl (C=O) groups excluding carboxylic acids is 1. The van der Waals surface area contributed by atoms with E-state index in [0.29, 0.717) is 18.1 Å². The van der Waals surface area contributed by atoms with Crippen LogP contribution in [0.25, 0.3) is 0 Å². The third-order valence-electron chi connectivity index (χ3n) is 2.89. The van der Waals surface area contributed by atoms with Crippen LogP contribution in [0.15, 0.2) is 17.5 Å². The van der Waals surface area contributed by atoms with Crippen LogP contribution in [0.4, 0.5) is 0 Å². The second kappa shape index (κ2) is 5.97. The van der Waals surface area contributed by atoms with Crippen molar-refractivity contribution in [2.75, 3.05) is 13.2 Å². The molecular formula is C12H15NO4S. The van der Waals surface area contributed by atoms with Crippen molar-refractivity contribution >= 4 is 23.2 Å². The molecule has 1 aromatic heterocycles. The molecule has 0 spiro atoms. The first-order valence-electron chi connectivity index (χ1n) is 5.83. The van der Waals surface area contributed by atoms with Gasteiger partial charge in [-0.05, 0) is 24.3 Å². The summed E-state index contributed by atoms with van der Waals surface area (Å²) in [6, 6.07) is 2.52. The third-order valence-corrected chi connectivity index (χ3v) is 3.83. The van der Waals surface area contributed by atoms with Gasteiger partial charge in [-0.15, -0.1) is 11.3 Å². The SMILES string of the molecule is O=C(NC(C(=O)O)c1cccs1)C1CCCOC1. The molecule has 5 nitrogen and oxygen atoms in total. The molecular weight excluding hydrogens is 254 g/mol. The van der Waals surface area contributed by atoms with E-state index >= 15 is 0 Å². The van der Waals surface area contributed by atoms with E-state index in [1.807, 2.05) is 0 Å². The Kier molecular flexibility index (Phi) is 4.33. The van der Waals surface area contributed by atoms with Gasteiger partial charge in [-0.2, -0.15) is 0 Å². The Bertz CT molecular complexity index is 412. The van der Waals surface area contributed by atoms with E-state index in [-0.39, 0.29) is 11.8 Å². The van der Waals surface area contributed by atoms with Gasteiger partial charge < -0.3 is 15.2 Å². The molecule has 0 radical (unpaired) electrons. The monoisotopic (exact) mass is 269 g/mol. The highest BCUT2D eigenvalue weighted by atomic mass is 32.1. The van der Waals surface area contributed by atoms with Gasteiger partial charge >= 0.3 is 5.97 Å². The molecule has 6 heteroatoms. The molecule has 1 fully saturated rings. The highest BCUT2D eigenvalue weighted by Crippen LogP contribution is 2.21. The molecule has 1 saturated heterocycles. The second-order valence-corrected chi connectivity index (χ2v) is 5.19. The number of thiophene rings is 1. The fraction of sp³-hybridized carbons (Fsp3) is 0.500. The van der Waals surface area contributed by atoms with E-state index in [0.717, 1.165) is 12.8 Å². The lowest BCUT2D eigenvalue weighted by Gasteiger charge is -2.23. The van der Waals surface area contributed by atoms with E-state index in [1.54, 1.807) is 17.5 Å². The first-order valence-corrected chi connectivity index (χ1v) is 6.71. The van der Waals surface area contributed by atoms with Crippen molar-refractivity contribution in [1.29, 1.82) is 0 Å². The first-order chi connectivity index (χ1) is 8.68. The van der Waals surface area contributed by atoms with Gasteiger partial charge in [0.2, 0.25) is 5.91 Å². The number of hydrogen-bond acceptors (Lipinski definition) is 4. The van der Waals surface area contributed by atoms with Crippen LogP contribution < -0.4 is 5.32 Å². The summed E-state index contributed by atoms with van der Waals surface area (Å²) in [5.74, 6) is -1.52. The van der Waals surface area contributed by atoms with E-state index in [9.17, 15) is 9.59 Å². The molecule has 2 atom stereocenters. The maximum absolute atomic E-state index is 12.0. The minimum atomic E-state index is -1.04. The number of carboxylic acids is 1. The van der Waals surface area contributed by atoms with Gasteiger partial charge in [-0.1, -0.05) is 6.07 Å². The van der Waals surface area contributed by atoms with Crippen molar-refractivity contribution in [2.24, 2.45) is 5.92 Å². The molecule has 2 heterocycles. The van der Waals surface area contributed by atoms with Gasteiger partial charge in [0.1, 0.15) is 0 Å². The number of rotatable bonds is 4. The third kappa shape index (κ3) is 3.08. The van der Waals surface area contributed by atoms with Crippen LogP contribution in [0, 0.1) is 5.92 Å². The zero-order chi connectivity index (χ0) is 13.0. The van der Waals surface area contributed by atoms with Crippen molar-refractivity contribution in [3.8, 4) is 0 Å². The Morgan fingerprint density at radius 1 is 1.56 bits per heavy atom. The predicted molar refractivity (Wildman–Crippen MR) is 66.4 cm³/mol. The molecule has 1 aromatic rings. The normalized spacial score (nSPS) is 21.2. The summed E-state index contributed by atoms with van der Waals surface area (Å²) in [4.78, 5) is 23.8. The molecule has 0 bridgehead atoms. The van der Waals surface area contributed by atoms with Crippen LogP contribution in [0.5, 0.6) is 0 Å². The summed E-state index contributed by atoms with van der Waals surface area (Å²) in [6.45, 7) is 1.06.